The third kappa shape index (κ3) is 2.68. The fourth-order valence-corrected chi connectivity index (χ4v) is 8.09. The Morgan fingerprint density at radius 3 is 2.35 bits per heavy atom. The monoisotopic (exact) mass is 581 g/mol. The minimum absolute atomic E-state index is 0.461. The van der Waals surface area contributed by atoms with E-state index in [4.69, 9.17) is 0 Å². The van der Waals surface area contributed by atoms with Gasteiger partial charge in [0.15, 0.2) is 0 Å². The second kappa shape index (κ2) is 7.61. The van der Waals surface area contributed by atoms with Crippen molar-refractivity contribution < 1.29 is 0 Å². The summed E-state index contributed by atoms with van der Waals surface area (Å²) >= 11 is 9.65. The van der Waals surface area contributed by atoms with Crippen LogP contribution < -0.4 is 0 Å². The summed E-state index contributed by atoms with van der Waals surface area (Å²) in [5.41, 5.74) is 7.15. The number of aromatic nitrogens is 1. The molecule has 0 spiro atoms. The molecule has 34 heavy (non-hydrogen) atoms. The Morgan fingerprint density at radius 1 is 0.735 bits per heavy atom. The zero-order chi connectivity index (χ0) is 22.9. The van der Waals surface area contributed by atoms with Gasteiger partial charge >= 0.3 is 0 Å². The van der Waals surface area contributed by atoms with E-state index in [0.717, 1.165) is 8.95 Å². The molecule has 0 saturated heterocycles. The van der Waals surface area contributed by atoms with Gasteiger partial charge in [0.25, 0.3) is 0 Å². The largest absolute Gasteiger partial charge is 0.264 e. The molecule has 0 aliphatic heterocycles. The number of hydrogen-bond acceptors (Lipinski definition) is 2. The molecule has 0 radical (unpaired) electrons. The maximum absolute atomic E-state index is 4.57. The van der Waals surface area contributed by atoms with Crippen molar-refractivity contribution in [3.63, 3.8) is 0 Å². The third-order valence-corrected chi connectivity index (χ3v) is 9.27. The predicted octanol–water partition coefficient (Wildman–Crippen LogP) is 9.34. The van der Waals surface area contributed by atoms with Crippen molar-refractivity contribution >= 4 is 63.4 Å². The van der Waals surface area contributed by atoms with Gasteiger partial charge < -0.3 is 0 Å². The highest BCUT2D eigenvalue weighted by Gasteiger charge is 2.47. The van der Waals surface area contributed by atoms with Crippen LogP contribution in [0.25, 0.3) is 31.3 Å². The van der Waals surface area contributed by atoms with Crippen molar-refractivity contribution in [1.29, 1.82) is 0 Å². The van der Waals surface area contributed by atoms with E-state index in [1.807, 2.05) is 29.8 Å². The molecular weight excluding hydrogens is 566 g/mol. The van der Waals surface area contributed by atoms with Crippen molar-refractivity contribution in [1.82, 2.24) is 4.98 Å². The summed E-state index contributed by atoms with van der Waals surface area (Å²) in [5.74, 6) is 0. The zero-order valence-corrected chi connectivity index (χ0v) is 21.9. The molecule has 1 aliphatic rings. The third-order valence-electron chi connectivity index (χ3n) is 6.96. The first-order chi connectivity index (χ1) is 16.7. The van der Waals surface area contributed by atoms with Gasteiger partial charge in [-0.25, -0.2) is 0 Å². The Morgan fingerprint density at radius 2 is 1.53 bits per heavy atom. The summed E-state index contributed by atoms with van der Waals surface area (Å²) in [4.78, 5) is 4.57. The average Bonchev–Trinajstić information content (AvgIpc) is 3.39. The van der Waals surface area contributed by atoms with Crippen LogP contribution in [0.2, 0.25) is 0 Å². The Hall–Kier alpha value is -2.79. The Balaban J connectivity index is 1.74. The van der Waals surface area contributed by atoms with Gasteiger partial charge in [0.05, 0.1) is 5.41 Å². The summed E-state index contributed by atoms with van der Waals surface area (Å²) < 4.78 is 4.85. The van der Waals surface area contributed by atoms with Crippen molar-refractivity contribution in [3.8, 4) is 11.1 Å². The molecule has 4 heteroatoms. The number of thiophene rings is 1. The average molecular weight is 583 g/mol. The maximum atomic E-state index is 4.57. The van der Waals surface area contributed by atoms with Crippen LogP contribution in [0, 0.1) is 0 Å². The van der Waals surface area contributed by atoms with Gasteiger partial charge in [-0.1, -0.05) is 92.5 Å². The maximum Gasteiger partial charge on any atom is 0.0729 e. The van der Waals surface area contributed by atoms with Gasteiger partial charge in [0, 0.05) is 47.1 Å². The van der Waals surface area contributed by atoms with Crippen LogP contribution in [0.4, 0.5) is 0 Å². The minimum Gasteiger partial charge on any atom is -0.264 e. The highest BCUT2D eigenvalue weighted by molar-refractivity contribution is 9.11. The predicted molar refractivity (Wildman–Crippen MR) is 150 cm³/mol. The van der Waals surface area contributed by atoms with Crippen LogP contribution in [0.15, 0.2) is 112 Å². The summed E-state index contributed by atoms with van der Waals surface area (Å²) in [7, 11) is 0. The van der Waals surface area contributed by atoms with Crippen LogP contribution >= 0.6 is 43.2 Å². The fourth-order valence-electron chi connectivity index (χ4n) is 5.67. The molecule has 1 nitrogen and oxygen atoms in total. The van der Waals surface area contributed by atoms with Crippen molar-refractivity contribution in [2.45, 2.75) is 5.41 Å². The van der Waals surface area contributed by atoms with E-state index in [9.17, 15) is 0 Å². The lowest BCUT2D eigenvalue weighted by Gasteiger charge is -2.33. The molecule has 1 unspecified atom stereocenters. The lowest BCUT2D eigenvalue weighted by Crippen LogP contribution is -2.28. The molecule has 2 aromatic heterocycles. The molecule has 2 heterocycles. The molecule has 1 atom stereocenters. The standard InChI is InChI=1S/C30H17Br2NS/c31-20-12-13-21-23(15-20)30(18-7-2-1-3-8-18,19-9-6-14-33-17-19)24-16-25(32)28-22-10-4-5-11-26(22)34-29(28)27(21)24/h1-17H. The van der Waals surface area contributed by atoms with Crippen LogP contribution in [0.5, 0.6) is 0 Å². The number of fused-ring (bicyclic) bond motifs is 7. The number of rotatable bonds is 2. The van der Waals surface area contributed by atoms with Crippen LogP contribution in [-0.2, 0) is 5.41 Å². The number of pyridine rings is 1. The van der Waals surface area contributed by atoms with Crippen LogP contribution in [0.1, 0.15) is 22.3 Å². The van der Waals surface area contributed by atoms with Gasteiger partial charge in [0.2, 0.25) is 0 Å². The molecule has 0 amide bonds. The first-order valence-electron chi connectivity index (χ1n) is 11.1. The van der Waals surface area contributed by atoms with Gasteiger partial charge in [0.1, 0.15) is 0 Å². The molecule has 6 aromatic rings. The summed E-state index contributed by atoms with van der Waals surface area (Å²) in [5, 5.41) is 2.60. The molecule has 0 saturated carbocycles. The van der Waals surface area contributed by atoms with Gasteiger partial charge in [-0.05, 0) is 58.1 Å². The first-order valence-corrected chi connectivity index (χ1v) is 13.5. The van der Waals surface area contributed by atoms with E-state index in [2.05, 4.69) is 122 Å². The van der Waals surface area contributed by atoms with Gasteiger partial charge in [-0.3, -0.25) is 4.98 Å². The Bertz CT molecular complexity index is 1680. The van der Waals surface area contributed by atoms with E-state index < -0.39 is 5.41 Å². The quantitative estimate of drug-likeness (QED) is 0.198. The van der Waals surface area contributed by atoms with E-state index in [0.29, 0.717) is 0 Å². The second-order valence-corrected chi connectivity index (χ2v) is 11.5. The van der Waals surface area contributed by atoms with Crippen molar-refractivity contribution in [3.05, 3.63) is 135 Å². The molecular formula is C30H17Br2NS. The molecule has 0 fully saturated rings. The van der Waals surface area contributed by atoms with Gasteiger partial charge in [-0.15, -0.1) is 11.3 Å². The summed E-state index contributed by atoms with van der Waals surface area (Å²) in [6.07, 6.45) is 3.88. The Kier molecular flexibility index (Phi) is 4.60. The van der Waals surface area contributed by atoms with Crippen LogP contribution in [0.3, 0.4) is 0 Å². The normalized spacial score (nSPS) is 16.6. The van der Waals surface area contributed by atoms with E-state index in [-0.39, 0.29) is 0 Å². The number of halogens is 2. The molecule has 0 N–H and O–H groups in total. The molecule has 7 rings (SSSR count). The van der Waals surface area contributed by atoms with Crippen molar-refractivity contribution in [2.24, 2.45) is 0 Å². The summed E-state index contributed by atoms with van der Waals surface area (Å²) in [6.45, 7) is 0. The lowest BCUT2D eigenvalue weighted by atomic mass is 9.68. The highest BCUT2D eigenvalue weighted by Crippen LogP contribution is 2.60. The second-order valence-electron chi connectivity index (χ2n) is 8.63. The topological polar surface area (TPSA) is 12.9 Å². The fraction of sp³-hybridized carbons (Fsp3) is 0.0333. The molecule has 162 valence electrons. The van der Waals surface area contributed by atoms with Crippen molar-refractivity contribution in [2.75, 3.05) is 0 Å². The number of nitrogens with zero attached hydrogens (tertiary/aromatic N) is 1. The number of benzene rings is 4. The Labute approximate surface area is 218 Å². The molecule has 4 aromatic carbocycles. The summed E-state index contributed by atoms with van der Waals surface area (Å²) in [6, 6.07) is 32.9. The lowest BCUT2D eigenvalue weighted by molar-refractivity contribution is 0.762. The van der Waals surface area contributed by atoms with Crippen LogP contribution in [-0.4, -0.2) is 4.98 Å². The molecule has 1 aliphatic carbocycles. The van der Waals surface area contributed by atoms with E-state index in [1.165, 1.54) is 53.6 Å². The van der Waals surface area contributed by atoms with Gasteiger partial charge in [-0.2, -0.15) is 0 Å². The highest BCUT2D eigenvalue weighted by atomic mass is 79.9. The minimum atomic E-state index is -0.461. The van der Waals surface area contributed by atoms with E-state index >= 15 is 0 Å². The number of hydrogen-bond donors (Lipinski definition) is 0. The first kappa shape index (κ1) is 20.6. The zero-order valence-electron chi connectivity index (χ0n) is 17.9. The smallest absolute Gasteiger partial charge is 0.0729 e. The van der Waals surface area contributed by atoms with E-state index in [1.54, 1.807) is 0 Å². The molecule has 0 bridgehead atoms. The SMILES string of the molecule is Brc1ccc2c(c1)C(c1ccccc1)(c1cccnc1)c1cc(Br)c3c(sc4ccccc43)c1-2.